The number of nitrogens with zero attached hydrogens (tertiary/aromatic N) is 7. The zero-order chi connectivity index (χ0) is 47.2. The van der Waals surface area contributed by atoms with Gasteiger partial charge in [-0.15, -0.1) is 0 Å². The van der Waals surface area contributed by atoms with Crippen molar-refractivity contribution in [1.29, 1.82) is 0 Å². The van der Waals surface area contributed by atoms with Crippen LogP contribution < -0.4 is 28.2 Å². The second-order valence-electron chi connectivity index (χ2n) is 20.0. The molecule has 63 heavy (non-hydrogen) atoms. The van der Waals surface area contributed by atoms with Gasteiger partial charge in [-0.3, -0.25) is 27.9 Å². The van der Waals surface area contributed by atoms with Crippen molar-refractivity contribution in [3.8, 4) is 0 Å². The van der Waals surface area contributed by atoms with Gasteiger partial charge in [0.15, 0.2) is 28.5 Å². The number of aryl methyl sites for hydroxylation is 2. The highest BCUT2D eigenvalue weighted by atomic mass is 32.2. The summed E-state index contributed by atoms with van der Waals surface area (Å²) in [6.07, 6.45) is -0.435. The molecule has 20 nitrogen and oxygen atoms in total. The molecule has 5 heterocycles. The second-order valence-corrected chi connectivity index (χ2v) is 30.9. The van der Waals surface area contributed by atoms with Crippen molar-refractivity contribution in [3.05, 3.63) is 86.7 Å². The van der Waals surface area contributed by atoms with Crippen molar-refractivity contribution in [2.45, 2.75) is 179 Å². The average Bonchev–Trinajstić information content (AvgIpc) is 3.79. The Labute approximate surface area is 370 Å². The molecule has 3 aliphatic rings. The van der Waals surface area contributed by atoms with Gasteiger partial charge in [0.05, 0.1) is 36.5 Å². The minimum absolute atomic E-state index is 0.0321. The number of rotatable bonds is 16. The Morgan fingerprint density at radius 2 is 1.41 bits per heavy atom. The molecule has 2 aromatic heterocycles. The number of aliphatic hydroxyl groups is 1. The van der Waals surface area contributed by atoms with Crippen LogP contribution in [0.2, 0.25) is 36.3 Å². The van der Waals surface area contributed by atoms with Crippen LogP contribution in [-0.4, -0.2) is 91.6 Å². The summed E-state index contributed by atoms with van der Waals surface area (Å²) >= 11 is 0. The molecule has 2 saturated heterocycles. The van der Waals surface area contributed by atoms with Crippen LogP contribution >= 0.6 is 0 Å². The first-order valence-corrected chi connectivity index (χ1v) is 28.7. The van der Waals surface area contributed by atoms with E-state index in [2.05, 4.69) is 43.9 Å². The third-order valence-electron chi connectivity index (χ3n) is 13.5. The Hall–Kier alpha value is -3.65. The molecule has 23 heteroatoms. The van der Waals surface area contributed by atoms with Crippen molar-refractivity contribution in [3.63, 3.8) is 0 Å². The predicted molar refractivity (Wildman–Crippen MR) is 241 cm³/mol. The van der Waals surface area contributed by atoms with Gasteiger partial charge < -0.3 is 29.2 Å². The lowest BCUT2D eigenvalue weighted by Gasteiger charge is -2.43. The van der Waals surface area contributed by atoms with Gasteiger partial charge in [-0.1, -0.05) is 59.5 Å². The maximum Gasteiger partial charge on any atom is 0.333 e. The third-order valence-corrected chi connectivity index (χ3v) is 23.5. The number of azide groups is 1. The molecular weight excluding hydrogens is 873 g/mol. The number of nitrogens with two attached hydrogens (primary N) is 1. The topological polar surface area (TPSA) is 263 Å². The summed E-state index contributed by atoms with van der Waals surface area (Å²) in [5, 5.41) is 13.6. The fraction of sp³-hybridized carbons (Fsp3) is 0.750. The molecule has 3 N–H and O–H groups in total. The molecule has 0 aliphatic carbocycles. The molecule has 0 radical (unpaired) electrons. The van der Waals surface area contributed by atoms with E-state index in [1.165, 1.54) is 21.5 Å². The molecule has 1 spiro atoms. The highest BCUT2D eigenvalue weighted by molar-refractivity contribution is 7.90. The molecule has 3 aliphatic heterocycles. The van der Waals surface area contributed by atoms with Gasteiger partial charge in [0, 0.05) is 47.9 Å². The second kappa shape index (κ2) is 18.3. The average molecular weight is 939 g/mol. The Bertz CT molecular complexity index is 2480. The van der Waals surface area contributed by atoms with Gasteiger partial charge in [-0.25, -0.2) is 13.8 Å². The summed E-state index contributed by atoms with van der Waals surface area (Å²) in [4.78, 5) is 57.5. The minimum atomic E-state index is -4.31. The molecule has 7 atom stereocenters. The van der Waals surface area contributed by atoms with Crippen molar-refractivity contribution >= 4 is 26.8 Å². The number of aliphatic hydroxyl groups excluding tert-OH is 1. The molecular formula is C40H66N8O12SSi2. The molecule has 0 aromatic carbocycles. The van der Waals surface area contributed by atoms with Crippen molar-refractivity contribution in [2.75, 3.05) is 13.2 Å². The van der Waals surface area contributed by atoms with E-state index in [-0.39, 0.29) is 47.5 Å². The summed E-state index contributed by atoms with van der Waals surface area (Å²) in [7, 11) is -9.57. The van der Waals surface area contributed by atoms with Crippen LogP contribution in [0.1, 0.15) is 97.2 Å². The summed E-state index contributed by atoms with van der Waals surface area (Å²) < 4.78 is 63.3. The molecule has 0 bridgehead atoms. The summed E-state index contributed by atoms with van der Waals surface area (Å²) in [6, 6.07) is -0.679. The minimum Gasteiger partial charge on any atom is -0.414 e. The predicted octanol–water partition coefficient (Wildman–Crippen LogP) is 4.38. The lowest BCUT2D eigenvalue weighted by atomic mass is 9.89. The number of aromatic nitrogens is 4. The van der Waals surface area contributed by atoms with Crippen LogP contribution in [0.5, 0.6) is 0 Å². The van der Waals surface area contributed by atoms with E-state index in [1.54, 1.807) is 13.8 Å². The Balaban J connectivity index is 1.40. The lowest BCUT2D eigenvalue weighted by molar-refractivity contribution is -0.0567. The SMILES string of the molecule is Cc1cn([C@@H]2OC(CO[Si](C)(C)C(C)(C)C)C3(OS(=O)(=O)C=C3N)[C@H]2O[Si](C)(C)C(C)(C)C)c(=O)n(CCCCCCn2c(=O)c(C)cn([C@H]3C[C@H](N=[N+]=[N-])[C@@H](CO)O3)c2=O)c1=O. The van der Waals surface area contributed by atoms with Gasteiger partial charge in [0.25, 0.3) is 21.2 Å². The summed E-state index contributed by atoms with van der Waals surface area (Å²) in [6.45, 7) is 23.1. The van der Waals surface area contributed by atoms with Crippen molar-refractivity contribution < 1.29 is 36.0 Å². The van der Waals surface area contributed by atoms with E-state index in [0.29, 0.717) is 31.2 Å². The fourth-order valence-electron chi connectivity index (χ4n) is 7.64. The molecule has 5 rings (SSSR count). The number of hydrogen-bond donors (Lipinski definition) is 2. The van der Waals surface area contributed by atoms with E-state index >= 15 is 0 Å². The van der Waals surface area contributed by atoms with E-state index in [4.69, 9.17) is 33.8 Å². The number of unbranched alkanes of at least 4 members (excludes halogenated alkanes) is 3. The Morgan fingerprint density at radius 3 is 1.89 bits per heavy atom. The van der Waals surface area contributed by atoms with Crippen LogP contribution in [0.25, 0.3) is 10.4 Å². The first kappa shape index (κ1) is 50.4. The third kappa shape index (κ3) is 9.97. The first-order valence-electron chi connectivity index (χ1n) is 21.4. The van der Waals surface area contributed by atoms with Crippen LogP contribution in [-0.2, 0) is 45.7 Å². The smallest absolute Gasteiger partial charge is 0.333 e. The van der Waals surface area contributed by atoms with Crippen LogP contribution in [0.3, 0.4) is 0 Å². The zero-order valence-corrected chi connectivity index (χ0v) is 41.4. The molecule has 352 valence electrons. The fourth-order valence-corrected chi connectivity index (χ4v) is 11.2. The van der Waals surface area contributed by atoms with Gasteiger partial charge in [-0.2, -0.15) is 8.42 Å². The first-order chi connectivity index (χ1) is 29.0. The van der Waals surface area contributed by atoms with Crippen LogP contribution in [0, 0.1) is 13.8 Å². The highest BCUT2D eigenvalue weighted by Crippen LogP contribution is 2.52. The monoisotopic (exact) mass is 938 g/mol. The molecule has 0 saturated carbocycles. The van der Waals surface area contributed by atoms with Crippen LogP contribution in [0.4, 0.5) is 0 Å². The summed E-state index contributed by atoms with van der Waals surface area (Å²) in [5.74, 6) is 0. The van der Waals surface area contributed by atoms with Gasteiger partial charge in [0.1, 0.15) is 18.4 Å². The largest absolute Gasteiger partial charge is 0.414 e. The lowest BCUT2D eigenvalue weighted by Crippen LogP contribution is -2.59. The van der Waals surface area contributed by atoms with E-state index in [1.807, 2.05) is 33.9 Å². The van der Waals surface area contributed by atoms with Gasteiger partial charge in [-0.05, 0) is 68.5 Å². The van der Waals surface area contributed by atoms with E-state index < -0.39 is 98.3 Å². The number of ether oxygens (including phenoxy) is 2. The molecule has 0 amide bonds. The number of hydrogen-bond acceptors (Lipinski definition) is 14. The highest BCUT2D eigenvalue weighted by Gasteiger charge is 2.67. The normalized spacial score (nSPS) is 26.3. The standard InChI is InChI=1S/C40H66N8O12SSi2/c1-25-20-47(31-19-27(43-44-42)28(22-49)57-31)36(52)45(33(25)50)17-15-13-14-16-18-46-34(51)26(2)21-48(37(46)53)35-32(59-63(11,12)39(6,7)8)40(29(41)24-61(54,55)60-40)30(58-35)23-56-62(9,10)38(3,4)5/h20-21,24,27-28,30-32,35,49H,13-19,22-23,41H2,1-12H3/t27-,28+,30?,31+,32-,35+,40?/m0/s1. The molecule has 2 unspecified atom stereocenters. The van der Waals surface area contributed by atoms with Crippen molar-refractivity contribution in [2.24, 2.45) is 10.8 Å². The van der Waals surface area contributed by atoms with Gasteiger partial charge >= 0.3 is 11.4 Å². The summed E-state index contributed by atoms with van der Waals surface area (Å²) in [5.41, 5.74) is 11.8. The zero-order valence-electron chi connectivity index (χ0n) is 38.6. The molecule has 2 aromatic rings. The van der Waals surface area contributed by atoms with Crippen LogP contribution in [0.15, 0.2) is 47.8 Å². The van der Waals surface area contributed by atoms with Crippen molar-refractivity contribution in [1.82, 2.24) is 18.3 Å². The molecule has 2 fully saturated rings. The van der Waals surface area contributed by atoms with E-state index in [0.717, 1.165) is 14.5 Å². The Morgan fingerprint density at radius 1 is 0.889 bits per heavy atom. The quantitative estimate of drug-likeness (QED) is 0.0592. The van der Waals surface area contributed by atoms with E-state index in [9.17, 15) is 32.7 Å². The van der Waals surface area contributed by atoms with Gasteiger partial charge in [0.2, 0.25) is 0 Å². The Kier molecular flexibility index (Phi) is 14.6. The maximum atomic E-state index is 14.5. The maximum absolute atomic E-state index is 14.5.